The first-order valence-corrected chi connectivity index (χ1v) is 11.0. The number of aromatic nitrogens is 1. The van der Waals surface area contributed by atoms with Crippen molar-refractivity contribution in [1.29, 1.82) is 5.26 Å². The second kappa shape index (κ2) is 8.45. The second-order valence-corrected chi connectivity index (χ2v) is 9.74. The number of amides is 1. The Labute approximate surface area is 198 Å². The van der Waals surface area contributed by atoms with Crippen molar-refractivity contribution in [3.05, 3.63) is 86.8 Å². The minimum atomic E-state index is -0.965. The Kier molecular flexibility index (Phi) is 5.80. The van der Waals surface area contributed by atoms with Crippen LogP contribution in [0.4, 0.5) is 4.39 Å². The van der Waals surface area contributed by atoms with E-state index in [0.29, 0.717) is 16.6 Å². The largest absolute Gasteiger partial charge is 0.383 e. The van der Waals surface area contributed by atoms with Crippen LogP contribution >= 0.6 is 15.9 Å². The summed E-state index contributed by atoms with van der Waals surface area (Å²) < 4.78 is 15.5. The van der Waals surface area contributed by atoms with Crippen LogP contribution < -0.4 is 11.2 Å². The van der Waals surface area contributed by atoms with Crippen molar-refractivity contribution in [2.45, 2.75) is 32.6 Å². The number of benzene rings is 1. The SMILES string of the molecule is CC1(C)CC(=O)C2=C(C1)N(NC(=O)c1cccnc1)C(N)=C(C#N)C2c1ccc(Br)cc1F. The van der Waals surface area contributed by atoms with Crippen molar-refractivity contribution in [2.24, 2.45) is 11.1 Å². The number of nitrogens with two attached hydrogens (primary N) is 1. The molecule has 2 aliphatic rings. The van der Waals surface area contributed by atoms with E-state index in [1.807, 2.05) is 19.9 Å². The van der Waals surface area contributed by atoms with Gasteiger partial charge < -0.3 is 5.73 Å². The summed E-state index contributed by atoms with van der Waals surface area (Å²) >= 11 is 3.24. The number of nitrogens with one attached hydrogen (secondary N) is 1. The third-order valence-electron chi connectivity index (χ3n) is 5.79. The van der Waals surface area contributed by atoms with Crippen LogP contribution in [-0.4, -0.2) is 21.7 Å². The fourth-order valence-corrected chi connectivity index (χ4v) is 4.68. The minimum Gasteiger partial charge on any atom is -0.383 e. The van der Waals surface area contributed by atoms with Gasteiger partial charge in [0.15, 0.2) is 5.78 Å². The van der Waals surface area contributed by atoms with Gasteiger partial charge in [0.1, 0.15) is 11.6 Å². The Balaban J connectivity index is 1.89. The molecule has 3 N–H and O–H groups in total. The van der Waals surface area contributed by atoms with Gasteiger partial charge in [-0.3, -0.25) is 20.0 Å². The number of nitrogens with zero attached hydrogens (tertiary/aromatic N) is 3. The van der Waals surface area contributed by atoms with Crippen LogP contribution in [0.3, 0.4) is 0 Å². The van der Waals surface area contributed by atoms with Gasteiger partial charge in [-0.15, -0.1) is 0 Å². The summed E-state index contributed by atoms with van der Waals surface area (Å²) in [6.45, 7) is 3.87. The summed E-state index contributed by atoms with van der Waals surface area (Å²) in [6, 6.07) is 9.73. The number of pyridine rings is 1. The highest BCUT2D eigenvalue weighted by Gasteiger charge is 2.45. The molecule has 1 amide bonds. The molecule has 0 radical (unpaired) electrons. The van der Waals surface area contributed by atoms with Crippen LogP contribution in [0.25, 0.3) is 0 Å². The maximum atomic E-state index is 15.0. The van der Waals surface area contributed by atoms with Crippen LogP contribution in [-0.2, 0) is 4.79 Å². The second-order valence-electron chi connectivity index (χ2n) is 8.83. The Hall–Kier alpha value is -3.51. The van der Waals surface area contributed by atoms with E-state index < -0.39 is 23.1 Å². The minimum absolute atomic E-state index is 0.00508. The number of hydrogen-bond donors (Lipinski definition) is 2. The number of hydrogen-bond acceptors (Lipinski definition) is 6. The fraction of sp³-hybridized carbons (Fsp3) is 0.250. The van der Waals surface area contributed by atoms with Crippen LogP contribution in [0.1, 0.15) is 48.5 Å². The first-order chi connectivity index (χ1) is 15.6. The summed E-state index contributed by atoms with van der Waals surface area (Å²) in [5, 5.41) is 11.3. The molecule has 1 unspecified atom stereocenters. The van der Waals surface area contributed by atoms with Crippen molar-refractivity contribution in [3.63, 3.8) is 0 Å². The van der Waals surface area contributed by atoms with Crippen molar-refractivity contribution in [2.75, 3.05) is 0 Å². The van der Waals surface area contributed by atoms with Gasteiger partial charge in [0, 0.05) is 34.4 Å². The molecule has 0 saturated heterocycles. The highest BCUT2D eigenvalue weighted by Crippen LogP contribution is 2.49. The number of allylic oxidation sites excluding steroid dienone is 3. The summed E-state index contributed by atoms with van der Waals surface area (Å²) in [5.74, 6) is -2.29. The van der Waals surface area contributed by atoms with Gasteiger partial charge in [-0.25, -0.2) is 9.40 Å². The first-order valence-electron chi connectivity index (χ1n) is 10.2. The van der Waals surface area contributed by atoms with E-state index in [-0.39, 0.29) is 40.3 Å². The first kappa shape index (κ1) is 22.7. The van der Waals surface area contributed by atoms with E-state index in [2.05, 4.69) is 26.3 Å². The summed E-state index contributed by atoms with van der Waals surface area (Å²) in [5.41, 5.74) is 9.86. The number of nitriles is 1. The van der Waals surface area contributed by atoms with E-state index in [0.717, 1.165) is 0 Å². The quantitative estimate of drug-likeness (QED) is 0.644. The molecule has 1 aromatic heterocycles. The Morgan fingerprint density at radius 1 is 1.36 bits per heavy atom. The smallest absolute Gasteiger partial charge is 0.271 e. The van der Waals surface area contributed by atoms with E-state index in [1.54, 1.807) is 24.4 Å². The zero-order valence-electron chi connectivity index (χ0n) is 18.0. The summed E-state index contributed by atoms with van der Waals surface area (Å²) in [4.78, 5) is 30.2. The lowest BCUT2D eigenvalue weighted by atomic mass is 9.69. The van der Waals surface area contributed by atoms with Gasteiger partial charge in [0.25, 0.3) is 5.91 Å². The molecule has 1 aliphatic carbocycles. The van der Waals surface area contributed by atoms with Crippen molar-refractivity contribution >= 4 is 27.6 Å². The predicted molar refractivity (Wildman–Crippen MR) is 122 cm³/mol. The van der Waals surface area contributed by atoms with Gasteiger partial charge in [0.05, 0.1) is 28.8 Å². The number of carbonyl (C=O) groups excluding carboxylic acids is 2. The number of rotatable bonds is 3. The Morgan fingerprint density at radius 2 is 2.12 bits per heavy atom. The molecule has 0 saturated carbocycles. The molecule has 9 heteroatoms. The van der Waals surface area contributed by atoms with E-state index in [9.17, 15) is 14.9 Å². The van der Waals surface area contributed by atoms with Crippen LogP contribution in [0.15, 0.2) is 69.9 Å². The van der Waals surface area contributed by atoms with Gasteiger partial charge in [-0.05, 0) is 36.1 Å². The molecule has 1 atom stereocenters. The van der Waals surface area contributed by atoms with Crippen molar-refractivity contribution < 1.29 is 14.0 Å². The number of ketones is 1. The van der Waals surface area contributed by atoms with Crippen LogP contribution in [0.5, 0.6) is 0 Å². The van der Waals surface area contributed by atoms with E-state index in [1.165, 1.54) is 23.3 Å². The molecule has 0 bridgehead atoms. The third kappa shape index (κ3) is 4.14. The van der Waals surface area contributed by atoms with Gasteiger partial charge in [-0.2, -0.15) is 5.26 Å². The van der Waals surface area contributed by atoms with Crippen molar-refractivity contribution in [1.82, 2.24) is 15.4 Å². The Bertz CT molecular complexity index is 1260. The topological polar surface area (TPSA) is 112 Å². The molecule has 0 spiro atoms. The highest BCUT2D eigenvalue weighted by molar-refractivity contribution is 9.10. The van der Waals surface area contributed by atoms with Crippen molar-refractivity contribution in [3.8, 4) is 6.07 Å². The van der Waals surface area contributed by atoms with Gasteiger partial charge >= 0.3 is 0 Å². The monoisotopic (exact) mass is 509 g/mol. The van der Waals surface area contributed by atoms with Crippen LogP contribution in [0.2, 0.25) is 0 Å². The number of Topliss-reactive ketones (excluding diaryl/α,β-unsaturated/α-hetero) is 1. The lowest BCUT2D eigenvalue weighted by Crippen LogP contribution is -2.50. The molecule has 2 aromatic rings. The zero-order chi connectivity index (χ0) is 23.9. The molecular weight excluding hydrogens is 489 g/mol. The molecule has 168 valence electrons. The lowest BCUT2D eigenvalue weighted by Gasteiger charge is -2.43. The number of hydrazine groups is 1. The standard InChI is InChI=1S/C24H21BrFN5O2/c1-24(2)9-18-21(19(32)10-24)20(15-6-5-14(25)8-17(15)26)16(11-27)22(28)31(18)30-23(33)13-4-3-7-29-12-13/h3-8,12,20H,9-10,28H2,1-2H3,(H,30,33). The van der Waals surface area contributed by atoms with E-state index in [4.69, 9.17) is 5.73 Å². The normalized spacial score (nSPS) is 19.8. The molecule has 7 nitrogen and oxygen atoms in total. The zero-order valence-corrected chi connectivity index (χ0v) is 19.6. The molecule has 1 aliphatic heterocycles. The van der Waals surface area contributed by atoms with Gasteiger partial charge in [0.2, 0.25) is 0 Å². The maximum Gasteiger partial charge on any atom is 0.271 e. The molecule has 4 rings (SSSR count). The summed E-state index contributed by atoms with van der Waals surface area (Å²) in [6.07, 6.45) is 3.56. The summed E-state index contributed by atoms with van der Waals surface area (Å²) in [7, 11) is 0. The van der Waals surface area contributed by atoms with Gasteiger partial charge in [-0.1, -0.05) is 35.8 Å². The fourth-order valence-electron chi connectivity index (χ4n) is 4.35. The number of halogens is 2. The molecule has 1 aromatic carbocycles. The van der Waals surface area contributed by atoms with Crippen LogP contribution in [0, 0.1) is 22.6 Å². The lowest BCUT2D eigenvalue weighted by molar-refractivity contribution is -0.118. The molecule has 2 heterocycles. The Morgan fingerprint density at radius 3 is 2.76 bits per heavy atom. The predicted octanol–water partition coefficient (Wildman–Crippen LogP) is 4.06. The maximum absolute atomic E-state index is 15.0. The molecule has 0 fully saturated rings. The molecule has 33 heavy (non-hydrogen) atoms. The number of carbonyl (C=O) groups is 2. The third-order valence-corrected chi connectivity index (χ3v) is 6.28. The highest BCUT2D eigenvalue weighted by atomic mass is 79.9. The molecular formula is C24H21BrFN5O2. The van der Waals surface area contributed by atoms with E-state index >= 15 is 4.39 Å². The average Bonchev–Trinajstić information content (AvgIpc) is 2.75. The average molecular weight is 510 g/mol.